The third-order valence-electron chi connectivity index (χ3n) is 6.91. The molecule has 0 unspecified atom stereocenters. The van der Waals surface area contributed by atoms with Crippen LogP contribution in [-0.4, -0.2) is 55.8 Å². The zero-order valence-electron chi connectivity index (χ0n) is 21.3. The monoisotopic (exact) mass is 515 g/mol. The molecule has 0 saturated carbocycles. The molecule has 37 heavy (non-hydrogen) atoms. The molecular formula is C30H30ClN3O3. The molecule has 0 aliphatic carbocycles. The first-order chi connectivity index (χ1) is 18.0. The number of ether oxygens (including phenoxy) is 2. The van der Waals surface area contributed by atoms with Crippen LogP contribution in [0, 0.1) is 6.92 Å². The molecule has 7 heteroatoms. The van der Waals surface area contributed by atoms with Crippen LogP contribution < -0.4 is 14.4 Å². The number of rotatable bonds is 6. The molecule has 5 rings (SSSR count). The highest BCUT2D eigenvalue weighted by Crippen LogP contribution is 2.35. The predicted molar refractivity (Wildman–Crippen MR) is 149 cm³/mol. The van der Waals surface area contributed by atoms with Crippen molar-refractivity contribution in [3.63, 3.8) is 0 Å². The second-order valence-electron chi connectivity index (χ2n) is 9.03. The highest BCUT2D eigenvalue weighted by atomic mass is 35.5. The van der Waals surface area contributed by atoms with Crippen molar-refractivity contribution in [1.82, 2.24) is 9.47 Å². The molecule has 4 aromatic rings. The standard InChI is InChI=1S/C30H30ClN3O3/c1-21-26(30(35)33-16-14-32(15-17-33)24-11-7-10-23(31)18-24)20-27(22-8-5-4-6-9-22)34(21)25-12-13-28(36-2)29(19-25)37-3/h4-13,18-20H,14-17H2,1-3H3. The van der Waals surface area contributed by atoms with E-state index in [4.69, 9.17) is 21.1 Å². The first-order valence-corrected chi connectivity index (χ1v) is 12.7. The number of nitrogens with zero attached hydrogens (tertiary/aromatic N) is 3. The number of methoxy groups -OCH3 is 2. The fourth-order valence-corrected chi connectivity index (χ4v) is 5.14. The molecule has 190 valence electrons. The summed E-state index contributed by atoms with van der Waals surface area (Å²) in [5, 5.41) is 0.719. The third-order valence-corrected chi connectivity index (χ3v) is 7.15. The number of hydrogen-bond donors (Lipinski definition) is 0. The van der Waals surface area contributed by atoms with Crippen molar-refractivity contribution < 1.29 is 14.3 Å². The van der Waals surface area contributed by atoms with Crippen molar-refractivity contribution in [3.05, 3.63) is 95.1 Å². The van der Waals surface area contributed by atoms with E-state index in [0.717, 1.165) is 46.4 Å². The Morgan fingerprint density at radius 3 is 2.19 bits per heavy atom. The second kappa shape index (κ2) is 10.6. The van der Waals surface area contributed by atoms with E-state index >= 15 is 0 Å². The van der Waals surface area contributed by atoms with E-state index in [9.17, 15) is 4.79 Å². The van der Waals surface area contributed by atoms with Crippen LogP contribution in [0.1, 0.15) is 16.1 Å². The van der Waals surface area contributed by atoms with E-state index in [1.807, 2.05) is 72.5 Å². The van der Waals surface area contributed by atoms with Crippen LogP contribution in [0.3, 0.4) is 0 Å². The Morgan fingerprint density at radius 2 is 1.51 bits per heavy atom. The van der Waals surface area contributed by atoms with E-state index in [1.165, 1.54) is 0 Å². The SMILES string of the molecule is COc1ccc(-n2c(-c3ccccc3)cc(C(=O)N3CCN(c4cccc(Cl)c4)CC3)c2C)cc1OC. The maximum atomic E-state index is 13.8. The fourth-order valence-electron chi connectivity index (χ4n) is 4.95. The predicted octanol–water partition coefficient (Wildman–Crippen LogP) is 6.09. The summed E-state index contributed by atoms with van der Waals surface area (Å²) in [6.45, 7) is 4.80. The maximum Gasteiger partial charge on any atom is 0.255 e. The molecule has 3 aromatic carbocycles. The molecule has 1 aliphatic heterocycles. The summed E-state index contributed by atoms with van der Waals surface area (Å²) >= 11 is 6.19. The number of halogens is 1. The van der Waals surface area contributed by atoms with Gasteiger partial charge in [-0.05, 0) is 48.9 Å². The van der Waals surface area contributed by atoms with Crippen LogP contribution >= 0.6 is 11.6 Å². The number of aromatic nitrogens is 1. The van der Waals surface area contributed by atoms with Crippen LogP contribution in [0.5, 0.6) is 11.5 Å². The van der Waals surface area contributed by atoms with Crippen LogP contribution in [0.2, 0.25) is 5.02 Å². The normalized spacial score (nSPS) is 13.5. The van der Waals surface area contributed by atoms with Gasteiger partial charge < -0.3 is 23.8 Å². The molecule has 0 N–H and O–H groups in total. The van der Waals surface area contributed by atoms with Crippen LogP contribution in [0.25, 0.3) is 16.9 Å². The van der Waals surface area contributed by atoms with Crippen molar-refractivity contribution >= 4 is 23.2 Å². The summed E-state index contributed by atoms with van der Waals surface area (Å²) in [6.07, 6.45) is 0. The van der Waals surface area contributed by atoms with Gasteiger partial charge >= 0.3 is 0 Å². The third kappa shape index (κ3) is 4.89. The average molecular weight is 516 g/mol. The average Bonchev–Trinajstić information content (AvgIpc) is 3.29. The van der Waals surface area contributed by atoms with Gasteiger partial charge in [-0.1, -0.05) is 48.0 Å². The molecule has 0 radical (unpaired) electrons. The van der Waals surface area contributed by atoms with Gasteiger partial charge in [0.05, 0.1) is 25.5 Å². The minimum Gasteiger partial charge on any atom is -0.493 e. The Labute approximate surface area is 222 Å². The second-order valence-corrected chi connectivity index (χ2v) is 9.46. The molecule has 2 heterocycles. The van der Waals surface area contributed by atoms with Crippen LogP contribution in [-0.2, 0) is 0 Å². The largest absolute Gasteiger partial charge is 0.493 e. The first-order valence-electron chi connectivity index (χ1n) is 12.3. The molecule has 1 fully saturated rings. The minimum atomic E-state index is 0.0413. The van der Waals surface area contributed by atoms with Gasteiger partial charge in [-0.2, -0.15) is 0 Å². The topological polar surface area (TPSA) is 46.9 Å². The minimum absolute atomic E-state index is 0.0413. The number of amides is 1. The Morgan fingerprint density at radius 1 is 0.784 bits per heavy atom. The number of carbonyl (C=O) groups excluding carboxylic acids is 1. The van der Waals surface area contributed by atoms with Gasteiger partial charge in [0, 0.05) is 54.3 Å². The lowest BCUT2D eigenvalue weighted by Crippen LogP contribution is -2.48. The molecular weight excluding hydrogens is 486 g/mol. The lowest BCUT2D eigenvalue weighted by molar-refractivity contribution is 0.0746. The highest BCUT2D eigenvalue weighted by molar-refractivity contribution is 6.30. The van der Waals surface area contributed by atoms with Crippen molar-refractivity contribution in [1.29, 1.82) is 0 Å². The molecule has 6 nitrogen and oxygen atoms in total. The zero-order valence-corrected chi connectivity index (χ0v) is 22.0. The number of carbonyl (C=O) groups is 1. The fraction of sp³-hybridized carbons (Fsp3) is 0.233. The molecule has 0 spiro atoms. The van der Waals surface area contributed by atoms with Gasteiger partial charge in [0.15, 0.2) is 11.5 Å². The number of hydrogen-bond acceptors (Lipinski definition) is 4. The zero-order chi connectivity index (χ0) is 25.9. The molecule has 0 atom stereocenters. The van der Waals surface area contributed by atoms with Gasteiger partial charge in [-0.3, -0.25) is 4.79 Å². The molecule has 1 aromatic heterocycles. The Balaban J connectivity index is 1.48. The Hall–Kier alpha value is -3.90. The first kappa shape index (κ1) is 24.8. The van der Waals surface area contributed by atoms with E-state index in [1.54, 1.807) is 14.2 Å². The molecule has 1 amide bonds. The lowest BCUT2D eigenvalue weighted by atomic mass is 10.1. The summed E-state index contributed by atoms with van der Waals surface area (Å²) in [4.78, 5) is 18.0. The summed E-state index contributed by atoms with van der Waals surface area (Å²) in [7, 11) is 3.25. The molecule has 0 bridgehead atoms. The van der Waals surface area contributed by atoms with Crippen molar-refractivity contribution in [2.75, 3.05) is 45.3 Å². The lowest BCUT2D eigenvalue weighted by Gasteiger charge is -2.36. The number of benzene rings is 3. The summed E-state index contributed by atoms with van der Waals surface area (Å²) < 4.78 is 13.1. The maximum absolute atomic E-state index is 13.8. The van der Waals surface area contributed by atoms with Crippen molar-refractivity contribution in [3.8, 4) is 28.4 Å². The number of piperazine rings is 1. The molecule has 1 saturated heterocycles. The Bertz CT molecular complexity index is 1410. The van der Waals surface area contributed by atoms with Gasteiger partial charge in [-0.15, -0.1) is 0 Å². The van der Waals surface area contributed by atoms with Crippen LogP contribution in [0.15, 0.2) is 78.9 Å². The van der Waals surface area contributed by atoms with Gasteiger partial charge in [-0.25, -0.2) is 0 Å². The van der Waals surface area contributed by atoms with Crippen LogP contribution in [0.4, 0.5) is 5.69 Å². The van der Waals surface area contributed by atoms with Crippen molar-refractivity contribution in [2.24, 2.45) is 0 Å². The van der Waals surface area contributed by atoms with Crippen molar-refractivity contribution in [2.45, 2.75) is 6.92 Å². The number of anilines is 1. The smallest absolute Gasteiger partial charge is 0.255 e. The summed E-state index contributed by atoms with van der Waals surface area (Å²) in [6, 6.07) is 25.8. The molecule has 1 aliphatic rings. The van der Waals surface area contributed by atoms with E-state index in [-0.39, 0.29) is 5.91 Å². The highest BCUT2D eigenvalue weighted by Gasteiger charge is 2.27. The van der Waals surface area contributed by atoms with Gasteiger partial charge in [0.1, 0.15) is 0 Å². The Kier molecular flexibility index (Phi) is 7.10. The van der Waals surface area contributed by atoms with E-state index in [2.05, 4.69) is 27.7 Å². The summed E-state index contributed by atoms with van der Waals surface area (Å²) in [5.41, 5.74) is 5.55. The van der Waals surface area contributed by atoms with Gasteiger partial charge in [0.25, 0.3) is 5.91 Å². The van der Waals surface area contributed by atoms with E-state index in [0.29, 0.717) is 30.2 Å². The van der Waals surface area contributed by atoms with Gasteiger partial charge in [0.2, 0.25) is 0 Å². The quantitative estimate of drug-likeness (QED) is 0.312. The summed E-state index contributed by atoms with van der Waals surface area (Å²) in [5.74, 6) is 1.34. The van der Waals surface area contributed by atoms with E-state index < -0.39 is 0 Å².